The zero-order valence-electron chi connectivity index (χ0n) is 12.0. The van der Waals surface area contributed by atoms with Crippen LogP contribution in [0.1, 0.15) is 0 Å². The first-order valence-corrected chi connectivity index (χ1v) is 10.3. The molecule has 0 heterocycles. The quantitative estimate of drug-likeness (QED) is 0.170. The summed E-state index contributed by atoms with van der Waals surface area (Å²) in [6.45, 7) is -1.47. The van der Waals surface area contributed by atoms with Crippen molar-refractivity contribution in [2.45, 2.75) is 0 Å². The molecule has 136 valence electrons. The molecule has 0 aromatic carbocycles. The number of hydrogen-bond acceptors (Lipinski definition) is 11. The number of rotatable bonds is 10. The van der Waals surface area contributed by atoms with Crippen LogP contribution in [0.5, 0.6) is 0 Å². The van der Waals surface area contributed by atoms with Crippen LogP contribution < -0.4 is 10.6 Å². The van der Waals surface area contributed by atoms with Crippen molar-refractivity contribution in [2.75, 3.05) is 38.8 Å². The van der Waals surface area contributed by atoms with Crippen LogP contribution in [0, 0.1) is 0 Å². The minimum atomic E-state index is -4.68. The van der Waals surface area contributed by atoms with Crippen LogP contribution in [0.25, 0.3) is 0 Å². The molecule has 0 atom stereocenters. The lowest BCUT2D eigenvalue weighted by Gasteiger charge is -2.25. The van der Waals surface area contributed by atoms with E-state index >= 15 is 0 Å². The molecule has 0 unspecified atom stereocenters. The van der Waals surface area contributed by atoms with E-state index in [1.165, 1.54) is 0 Å². The monoisotopic (exact) mass is 376 g/mol. The average Bonchev–Trinajstić information content (AvgIpc) is 2.46. The Kier molecular flexibility index (Phi) is 9.87. The Balaban J connectivity index is 4.23. The number of amides is 2. The summed E-state index contributed by atoms with van der Waals surface area (Å²) in [6, 6.07) is 0. The van der Waals surface area contributed by atoms with Gasteiger partial charge in [0.25, 0.3) is 0 Å². The Morgan fingerprint density at radius 2 is 1.13 bits per heavy atom. The Bertz CT molecular complexity index is 347. The predicted octanol–water partition coefficient (Wildman–Crippen LogP) is -4.63. The maximum absolute atomic E-state index is 11.0. The summed E-state index contributed by atoms with van der Waals surface area (Å²) in [5, 5.41) is 20.6. The number of carbonyl (C=O) groups is 2. The van der Waals surface area contributed by atoms with Gasteiger partial charge in [0.15, 0.2) is 0 Å². The molecule has 15 heteroatoms. The largest absolute Gasteiger partial charge is 0.508 e. The summed E-state index contributed by atoms with van der Waals surface area (Å²) in [4.78, 5) is 60.1. The van der Waals surface area contributed by atoms with Gasteiger partial charge in [-0.2, -0.15) is 0 Å². The first kappa shape index (κ1) is 21.7. The number of aliphatic hydroxyl groups is 2. The molecule has 0 saturated heterocycles. The summed E-state index contributed by atoms with van der Waals surface area (Å²) in [6.07, 6.45) is -3.84. The second-order valence-electron chi connectivity index (χ2n) is 4.01. The molecule has 2 amide bonds. The number of aliphatic hydroxyl groups excluding tert-OH is 2. The van der Waals surface area contributed by atoms with Crippen LogP contribution in [-0.4, -0.2) is 98.0 Å². The van der Waals surface area contributed by atoms with Gasteiger partial charge in [0, 0.05) is 0 Å². The highest BCUT2D eigenvalue weighted by atomic mass is 28.5. The van der Waals surface area contributed by atoms with Crippen molar-refractivity contribution in [2.24, 2.45) is 0 Å². The molecule has 0 aliphatic heterocycles. The van der Waals surface area contributed by atoms with Crippen molar-refractivity contribution >= 4 is 29.8 Å². The van der Waals surface area contributed by atoms with Gasteiger partial charge in [-0.1, -0.05) is 0 Å². The maximum Gasteiger partial charge on any atom is 0.508 e. The van der Waals surface area contributed by atoms with E-state index in [0.717, 1.165) is 0 Å². The van der Waals surface area contributed by atoms with Crippen LogP contribution in [0.15, 0.2) is 0 Å². The van der Waals surface area contributed by atoms with E-state index in [1.807, 2.05) is 10.6 Å². The van der Waals surface area contributed by atoms with Crippen LogP contribution >= 0.6 is 0 Å². The van der Waals surface area contributed by atoms with Gasteiger partial charge >= 0.3 is 29.8 Å². The zero-order chi connectivity index (χ0) is 17.9. The van der Waals surface area contributed by atoms with Crippen molar-refractivity contribution in [3.05, 3.63) is 0 Å². The average molecular weight is 376 g/mol. The Morgan fingerprint density at radius 3 is 1.43 bits per heavy atom. The number of carbonyl (C=O) groups excluding carboxylic acids is 2. The second kappa shape index (κ2) is 10.5. The van der Waals surface area contributed by atoms with E-state index in [9.17, 15) is 28.8 Å². The van der Waals surface area contributed by atoms with Crippen LogP contribution in [0.4, 0.5) is 9.59 Å². The Morgan fingerprint density at radius 1 is 0.783 bits per heavy atom. The van der Waals surface area contributed by atoms with E-state index < -0.39 is 55.3 Å². The number of nitrogens with one attached hydrogen (secondary N) is 2. The molecule has 0 saturated carbocycles. The standard InChI is InChI=1S/C8H20N2O11Si2/c11-1-3-19-7(13)9-5-22(15,16)21-23(17,18)6-10-8(14)20-4-2-12/h11-12,15-18H,1-6H2,(H,9,13)(H,10,14). The molecule has 23 heavy (non-hydrogen) atoms. The molecule has 0 aromatic rings. The van der Waals surface area contributed by atoms with Gasteiger partial charge in [0.2, 0.25) is 0 Å². The van der Waals surface area contributed by atoms with Crippen molar-refractivity contribution in [1.29, 1.82) is 0 Å². The fraction of sp³-hybridized carbons (Fsp3) is 0.750. The molecular formula is C8H20N2O11Si2. The summed E-state index contributed by atoms with van der Waals surface area (Å²) in [5.74, 6) is 0. The van der Waals surface area contributed by atoms with Gasteiger partial charge in [-0.15, -0.1) is 0 Å². The number of hydrogen-bond donors (Lipinski definition) is 8. The molecule has 0 spiro atoms. The highest BCUT2D eigenvalue weighted by molar-refractivity contribution is 6.72. The number of ether oxygens (including phenoxy) is 2. The Labute approximate surface area is 132 Å². The van der Waals surface area contributed by atoms with Gasteiger partial charge in [-0.3, -0.25) is 0 Å². The molecule has 0 aromatic heterocycles. The van der Waals surface area contributed by atoms with E-state index in [1.54, 1.807) is 0 Å². The molecular weight excluding hydrogens is 356 g/mol. The van der Waals surface area contributed by atoms with Gasteiger partial charge in [0.05, 0.1) is 25.5 Å². The van der Waals surface area contributed by atoms with Crippen molar-refractivity contribution in [3.8, 4) is 0 Å². The van der Waals surface area contributed by atoms with Crippen LogP contribution in [0.3, 0.4) is 0 Å². The summed E-state index contributed by atoms with van der Waals surface area (Å²) in [7, 11) is -9.37. The maximum atomic E-state index is 11.0. The lowest BCUT2D eigenvalue weighted by Crippen LogP contribution is -2.62. The normalized spacial score (nSPS) is 11.7. The third kappa shape index (κ3) is 11.9. The summed E-state index contributed by atoms with van der Waals surface area (Å²) in [5.41, 5.74) is 0. The highest BCUT2D eigenvalue weighted by Gasteiger charge is 2.46. The van der Waals surface area contributed by atoms with Gasteiger partial charge in [-0.05, 0) is 0 Å². The van der Waals surface area contributed by atoms with E-state index in [4.69, 9.17) is 10.2 Å². The fourth-order valence-corrected chi connectivity index (χ4v) is 4.51. The molecule has 0 fully saturated rings. The summed E-state index contributed by atoms with van der Waals surface area (Å²) < 4.78 is 13.1. The van der Waals surface area contributed by atoms with Crippen molar-refractivity contribution in [1.82, 2.24) is 10.6 Å². The molecule has 0 bridgehead atoms. The molecule has 0 rings (SSSR count). The van der Waals surface area contributed by atoms with Crippen molar-refractivity contribution in [3.63, 3.8) is 0 Å². The van der Waals surface area contributed by atoms with Gasteiger partial charge in [0.1, 0.15) is 13.2 Å². The fourth-order valence-electron chi connectivity index (χ4n) is 1.09. The van der Waals surface area contributed by atoms with Crippen molar-refractivity contribution < 1.29 is 52.6 Å². The number of alkyl carbamates (subject to hydrolysis) is 2. The first-order valence-electron chi connectivity index (χ1n) is 6.24. The van der Waals surface area contributed by atoms with Crippen LogP contribution in [-0.2, 0) is 13.6 Å². The molecule has 8 N–H and O–H groups in total. The molecule has 0 radical (unpaired) electrons. The minimum Gasteiger partial charge on any atom is -0.447 e. The molecule has 0 aliphatic carbocycles. The third-order valence-corrected chi connectivity index (χ3v) is 5.79. The van der Waals surface area contributed by atoms with Gasteiger partial charge in [-0.25, -0.2) is 9.59 Å². The SMILES string of the molecule is O=C(NC[Si](O)(O)O[Si](O)(O)CNC(=O)OCCO)OCCO. The topological polar surface area (TPSA) is 207 Å². The van der Waals surface area contributed by atoms with E-state index in [2.05, 4.69) is 13.6 Å². The summed E-state index contributed by atoms with van der Waals surface area (Å²) >= 11 is 0. The van der Waals surface area contributed by atoms with Gasteiger partial charge < -0.3 is 53.6 Å². The van der Waals surface area contributed by atoms with E-state index in [-0.39, 0.29) is 13.2 Å². The minimum absolute atomic E-state index is 0.309. The zero-order valence-corrected chi connectivity index (χ0v) is 14.0. The molecule has 13 nitrogen and oxygen atoms in total. The smallest absolute Gasteiger partial charge is 0.447 e. The molecule has 0 aliphatic rings. The van der Waals surface area contributed by atoms with E-state index in [0.29, 0.717) is 0 Å². The first-order chi connectivity index (χ1) is 10.6. The third-order valence-electron chi connectivity index (χ3n) is 1.90. The predicted molar refractivity (Wildman–Crippen MR) is 74.3 cm³/mol. The lowest BCUT2D eigenvalue weighted by atomic mass is 10.8. The lowest BCUT2D eigenvalue weighted by molar-refractivity contribution is 0.112. The second-order valence-corrected chi connectivity index (χ2v) is 8.51. The van der Waals surface area contributed by atoms with Crippen LogP contribution in [0.2, 0.25) is 0 Å². The highest BCUT2D eigenvalue weighted by Crippen LogP contribution is 2.03. The Hall–Kier alpha value is -1.31.